The van der Waals surface area contributed by atoms with Crippen LogP contribution in [-0.2, 0) is 15.9 Å². The molecule has 1 aliphatic heterocycles. The van der Waals surface area contributed by atoms with Gasteiger partial charge >= 0.3 is 6.18 Å². The highest BCUT2D eigenvalue weighted by atomic mass is 32.2. The maximum Gasteiger partial charge on any atom is 0.414 e. The average Bonchev–Trinajstić information content (AvgIpc) is 2.07. The van der Waals surface area contributed by atoms with Gasteiger partial charge in [-0.3, -0.25) is 0 Å². The van der Waals surface area contributed by atoms with Crippen LogP contribution in [0.2, 0.25) is 0 Å². The zero-order valence-electron chi connectivity index (χ0n) is 7.88. The van der Waals surface area contributed by atoms with Crippen LogP contribution in [0, 0.1) is 5.92 Å². The lowest BCUT2D eigenvalue weighted by molar-refractivity contribution is -0.229. The second-order valence-electron chi connectivity index (χ2n) is 3.41. The summed E-state index contributed by atoms with van der Waals surface area (Å²) in [5.41, 5.74) is 0. The van der Waals surface area contributed by atoms with Crippen molar-refractivity contribution in [3.05, 3.63) is 0 Å². The van der Waals surface area contributed by atoms with E-state index in [0.717, 1.165) is 7.11 Å². The molecule has 1 saturated heterocycles. The molecule has 1 fully saturated rings. The number of ether oxygens (including phenoxy) is 1. The van der Waals surface area contributed by atoms with E-state index in [0.29, 0.717) is 24.3 Å². The minimum absolute atomic E-state index is 0.400. The molecule has 84 valence electrons. The smallest absolute Gasteiger partial charge is 0.372 e. The van der Waals surface area contributed by atoms with Crippen LogP contribution in [0.15, 0.2) is 0 Å². The fourth-order valence-corrected chi connectivity index (χ4v) is 3.07. The van der Waals surface area contributed by atoms with Gasteiger partial charge < -0.3 is 4.74 Å². The van der Waals surface area contributed by atoms with Gasteiger partial charge in [0.1, 0.15) is 22.7 Å². The zero-order chi connectivity index (χ0) is 10.8. The number of hydrogen-bond donors (Lipinski definition) is 1. The maximum absolute atomic E-state index is 12.4. The third kappa shape index (κ3) is 3.03. The lowest BCUT2D eigenvalue weighted by Crippen LogP contribution is -2.41. The number of alkyl halides is 3. The fourth-order valence-electron chi connectivity index (χ4n) is 1.72. The monoisotopic (exact) mass is 231 g/mol. The molecule has 6 heteroatoms. The van der Waals surface area contributed by atoms with E-state index >= 15 is 0 Å². The molecule has 1 atom stereocenters. The van der Waals surface area contributed by atoms with Crippen LogP contribution in [0.3, 0.4) is 0 Å². The Balaban J connectivity index is 2.54. The summed E-state index contributed by atoms with van der Waals surface area (Å²) in [7, 11) is 1.09. The van der Waals surface area contributed by atoms with Crippen LogP contribution < -0.4 is 0 Å². The molecule has 0 saturated carbocycles. The minimum Gasteiger partial charge on any atom is -0.372 e. The SMILES string of the molecule is COC(C1CC[S+](O)CC1)C(F)(F)F. The first-order chi connectivity index (χ1) is 6.45. The van der Waals surface area contributed by atoms with Crippen molar-refractivity contribution in [2.24, 2.45) is 5.92 Å². The number of rotatable bonds is 2. The topological polar surface area (TPSA) is 29.5 Å². The van der Waals surface area contributed by atoms with Crippen molar-refractivity contribution in [2.45, 2.75) is 25.1 Å². The van der Waals surface area contributed by atoms with Crippen molar-refractivity contribution < 1.29 is 22.5 Å². The second-order valence-corrected chi connectivity index (χ2v) is 5.15. The molecule has 0 bridgehead atoms. The molecule has 1 unspecified atom stereocenters. The first-order valence-corrected chi connectivity index (χ1v) is 5.93. The highest BCUT2D eigenvalue weighted by Crippen LogP contribution is 2.34. The predicted molar refractivity (Wildman–Crippen MR) is 49.3 cm³/mol. The van der Waals surface area contributed by atoms with Crippen molar-refractivity contribution in [1.29, 1.82) is 0 Å². The molecular formula is C8H14F3O2S+. The van der Waals surface area contributed by atoms with Gasteiger partial charge in [-0.25, -0.2) is 0 Å². The predicted octanol–water partition coefficient (Wildman–Crippen LogP) is 2.07. The largest absolute Gasteiger partial charge is 0.414 e. The summed E-state index contributed by atoms with van der Waals surface area (Å²) < 4.78 is 50.9. The lowest BCUT2D eigenvalue weighted by Gasteiger charge is -2.28. The lowest BCUT2D eigenvalue weighted by atomic mass is 9.95. The standard InChI is InChI=1S/C8H14F3O2S/c1-13-7(8(9,10)11)6-2-4-14(12)5-3-6/h6-7,12H,2-5H2,1H3/q+1. The highest BCUT2D eigenvalue weighted by molar-refractivity contribution is 7.91. The van der Waals surface area contributed by atoms with Gasteiger partial charge in [0.2, 0.25) is 0 Å². The van der Waals surface area contributed by atoms with E-state index in [-0.39, 0.29) is 0 Å². The highest BCUT2D eigenvalue weighted by Gasteiger charge is 2.47. The van der Waals surface area contributed by atoms with Gasteiger partial charge in [0, 0.05) is 25.9 Å². The van der Waals surface area contributed by atoms with Crippen LogP contribution in [0.5, 0.6) is 0 Å². The molecule has 0 aromatic carbocycles. The van der Waals surface area contributed by atoms with Gasteiger partial charge in [-0.05, 0) is 0 Å². The molecule has 14 heavy (non-hydrogen) atoms. The van der Waals surface area contributed by atoms with E-state index in [1.807, 2.05) is 0 Å². The summed E-state index contributed by atoms with van der Waals surface area (Å²) >= 11 is -0.679. The first-order valence-electron chi connectivity index (χ1n) is 4.41. The molecular weight excluding hydrogens is 217 g/mol. The summed E-state index contributed by atoms with van der Waals surface area (Å²) in [5.74, 6) is 0.456. The molecule has 2 nitrogen and oxygen atoms in total. The third-order valence-electron chi connectivity index (χ3n) is 2.45. The molecule has 0 spiro atoms. The van der Waals surface area contributed by atoms with Crippen molar-refractivity contribution in [3.8, 4) is 0 Å². The molecule has 0 amide bonds. The van der Waals surface area contributed by atoms with E-state index in [2.05, 4.69) is 4.74 Å². The molecule has 1 aliphatic rings. The summed E-state index contributed by atoms with van der Waals surface area (Å²) in [5, 5.41) is 0. The van der Waals surface area contributed by atoms with Crippen LogP contribution in [0.4, 0.5) is 13.2 Å². The van der Waals surface area contributed by atoms with Crippen LogP contribution in [0.25, 0.3) is 0 Å². The molecule has 1 heterocycles. The van der Waals surface area contributed by atoms with Crippen LogP contribution in [0.1, 0.15) is 12.8 Å². The van der Waals surface area contributed by atoms with Crippen molar-refractivity contribution in [2.75, 3.05) is 18.6 Å². The van der Waals surface area contributed by atoms with E-state index in [9.17, 15) is 17.7 Å². The molecule has 0 aromatic rings. The summed E-state index contributed by atoms with van der Waals surface area (Å²) in [4.78, 5) is 0. The van der Waals surface area contributed by atoms with E-state index in [1.54, 1.807) is 0 Å². The van der Waals surface area contributed by atoms with Gasteiger partial charge in [0.25, 0.3) is 0 Å². The van der Waals surface area contributed by atoms with E-state index in [1.165, 1.54) is 0 Å². The van der Waals surface area contributed by atoms with Gasteiger partial charge in [0.15, 0.2) is 6.10 Å². The quantitative estimate of drug-likeness (QED) is 0.737. The van der Waals surface area contributed by atoms with Gasteiger partial charge in [0.05, 0.1) is 0 Å². The van der Waals surface area contributed by atoms with Crippen molar-refractivity contribution in [3.63, 3.8) is 0 Å². The Hall–Kier alpha value is 0.0600. The average molecular weight is 231 g/mol. The van der Waals surface area contributed by atoms with Gasteiger partial charge in [-0.2, -0.15) is 17.7 Å². The molecule has 0 aromatic heterocycles. The molecule has 0 aliphatic carbocycles. The van der Waals surface area contributed by atoms with Crippen molar-refractivity contribution in [1.82, 2.24) is 0 Å². The number of methoxy groups -OCH3 is 1. The Morgan fingerprint density at radius 3 is 2.21 bits per heavy atom. The number of hydrogen-bond acceptors (Lipinski definition) is 2. The summed E-state index contributed by atoms with van der Waals surface area (Å²) in [6, 6.07) is 0. The Morgan fingerprint density at radius 1 is 1.36 bits per heavy atom. The number of halogens is 3. The minimum atomic E-state index is -4.29. The third-order valence-corrected chi connectivity index (χ3v) is 3.87. The van der Waals surface area contributed by atoms with Crippen LogP contribution >= 0.6 is 0 Å². The van der Waals surface area contributed by atoms with Gasteiger partial charge in [-0.1, -0.05) is 0 Å². The Kier molecular flexibility index (Phi) is 4.09. The fraction of sp³-hybridized carbons (Fsp3) is 1.00. The zero-order valence-corrected chi connectivity index (χ0v) is 8.70. The van der Waals surface area contributed by atoms with E-state index in [4.69, 9.17) is 0 Å². The Morgan fingerprint density at radius 2 is 1.86 bits per heavy atom. The normalized spacial score (nSPS) is 31.5. The molecule has 1 N–H and O–H groups in total. The van der Waals surface area contributed by atoms with Gasteiger partial charge in [-0.15, -0.1) is 0 Å². The van der Waals surface area contributed by atoms with Crippen LogP contribution in [-0.4, -0.2) is 35.4 Å². The van der Waals surface area contributed by atoms with E-state index < -0.39 is 29.4 Å². The Labute approximate surface area is 84.0 Å². The first kappa shape index (κ1) is 12.1. The maximum atomic E-state index is 12.4. The molecule has 0 radical (unpaired) electrons. The summed E-state index contributed by atoms with van der Waals surface area (Å²) in [6.07, 6.45) is -5.15. The van der Waals surface area contributed by atoms with Crippen molar-refractivity contribution >= 4 is 11.2 Å². The second kappa shape index (κ2) is 4.72. The summed E-state index contributed by atoms with van der Waals surface area (Å²) in [6.45, 7) is 0. The Bertz CT molecular complexity index is 178. The molecule has 1 rings (SSSR count).